The van der Waals surface area contributed by atoms with Gasteiger partial charge in [0, 0.05) is 22.6 Å². The number of fused-ring (bicyclic) bond motifs is 10. The molecule has 0 radical (unpaired) electrons. The Hall–Kier alpha value is -3.98. The number of anilines is 2. The Morgan fingerprint density at radius 2 is 1.43 bits per heavy atom. The molecule has 0 heterocycles. The van der Waals surface area contributed by atoms with Gasteiger partial charge in [-0.3, -0.25) is 0 Å². The second-order valence-corrected chi connectivity index (χ2v) is 12.4. The van der Waals surface area contributed by atoms with Crippen molar-refractivity contribution >= 4 is 22.1 Å². The first-order chi connectivity index (χ1) is 19.4. The minimum Gasteiger partial charge on any atom is -0.353 e. The molecule has 198 valence electrons. The Kier molecular flexibility index (Phi) is 4.93. The summed E-state index contributed by atoms with van der Waals surface area (Å²) in [6.07, 6.45) is 5.89. The van der Waals surface area contributed by atoms with Gasteiger partial charge in [-0.15, -0.1) is 0 Å². The summed E-state index contributed by atoms with van der Waals surface area (Å²) < 4.78 is 28.0. The molecule has 3 aliphatic carbocycles. The van der Waals surface area contributed by atoms with Gasteiger partial charge in [-0.05, 0) is 105 Å². The van der Waals surface area contributed by atoms with Crippen LogP contribution in [-0.4, -0.2) is 0 Å². The van der Waals surface area contributed by atoms with E-state index in [-0.39, 0.29) is 10.8 Å². The lowest BCUT2D eigenvalue weighted by Crippen LogP contribution is -2.28. The number of nitrogens with one attached hydrogen (secondary N) is 1. The summed E-state index contributed by atoms with van der Waals surface area (Å²) >= 11 is 0. The Balaban J connectivity index is 1.33. The molecular weight excluding hydrogens is 496 g/mol. The van der Waals surface area contributed by atoms with E-state index in [0.717, 1.165) is 24.6 Å². The van der Waals surface area contributed by atoms with Crippen LogP contribution in [0.4, 0.5) is 20.2 Å². The Labute approximate surface area is 233 Å². The van der Waals surface area contributed by atoms with Crippen molar-refractivity contribution in [2.24, 2.45) is 0 Å². The van der Waals surface area contributed by atoms with Gasteiger partial charge < -0.3 is 5.32 Å². The SMILES string of the molecule is CC1(C)c2cc3c(cc2-c2c1ccc1ccccc21)C1(CCCCC1)c1cc(Nc2ccc(F)cc2F)ccc1-3. The van der Waals surface area contributed by atoms with E-state index in [0.29, 0.717) is 5.69 Å². The highest BCUT2D eigenvalue weighted by molar-refractivity contribution is 6.03. The maximum Gasteiger partial charge on any atom is 0.149 e. The zero-order chi connectivity index (χ0) is 27.2. The Bertz CT molecular complexity index is 1860. The van der Waals surface area contributed by atoms with Crippen molar-refractivity contribution in [1.29, 1.82) is 0 Å². The predicted molar refractivity (Wildman–Crippen MR) is 160 cm³/mol. The lowest BCUT2D eigenvalue weighted by atomic mass is 9.67. The van der Waals surface area contributed by atoms with E-state index in [9.17, 15) is 8.78 Å². The topological polar surface area (TPSA) is 12.0 Å². The van der Waals surface area contributed by atoms with E-state index in [1.807, 2.05) is 6.07 Å². The molecule has 1 spiro atoms. The van der Waals surface area contributed by atoms with Gasteiger partial charge in [-0.25, -0.2) is 8.78 Å². The molecular formula is C37H31F2N. The number of rotatable bonds is 2. The van der Waals surface area contributed by atoms with Crippen molar-refractivity contribution in [3.05, 3.63) is 119 Å². The molecule has 0 atom stereocenters. The fourth-order valence-corrected chi connectivity index (χ4v) is 8.01. The molecule has 0 saturated heterocycles. The third kappa shape index (κ3) is 3.18. The number of hydrogen-bond acceptors (Lipinski definition) is 1. The van der Waals surface area contributed by atoms with Crippen molar-refractivity contribution < 1.29 is 8.78 Å². The highest BCUT2D eigenvalue weighted by Gasteiger charge is 2.46. The van der Waals surface area contributed by atoms with Gasteiger partial charge in [-0.2, -0.15) is 0 Å². The molecule has 1 nitrogen and oxygen atoms in total. The predicted octanol–water partition coefficient (Wildman–Crippen LogP) is 10.4. The number of hydrogen-bond donors (Lipinski definition) is 1. The summed E-state index contributed by atoms with van der Waals surface area (Å²) in [6.45, 7) is 4.71. The fraction of sp³-hybridized carbons (Fsp3) is 0.243. The molecule has 1 saturated carbocycles. The lowest BCUT2D eigenvalue weighted by Gasteiger charge is -2.36. The maximum absolute atomic E-state index is 14.5. The minimum absolute atomic E-state index is 0.0472. The van der Waals surface area contributed by atoms with Crippen molar-refractivity contribution in [3.63, 3.8) is 0 Å². The molecule has 5 aromatic rings. The zero-order valence-electron chi connectivity index (χ0n) is 22.9. The van der Waals surface area contributed by atoms with Gasteiger partial charge in [0.05, 0.1) is 5.69 Å². The van der Waals surface area contributed by atoms with Gasteiger partial charge in [0.2, 0.25) is 0 Å². The summed E-state index contributed by atoms with van der Waals surface area (Å²) in [5.41, 5.74) is 12.0. The van der Waals surface area contributed by atoms with Crippen LogP contribution in [0, 0.1) is 11.6 Å². The average molecular weight is 528 g/mol. The summed E-state index contributed by atoms with van der Waals surface area (Å²) in [5.74, 6) is -1.15. The molecule has 3 heteroatoms. The zero-order valence-corrected chi connectivity index (χ0v) is 22.9. The first-order valence-corrected chi connectivity index (χ1v) is 14.5. The Morgan fingerprint density at radius 3 is 2.25 bits per heavy atom. The van der Waals surface area contributed by atoms with Crippen LogP contribution in [0.2, 0.25) is 0 Å². The standard InChI is InChI=1S/C37H31F2N/c1-36(2)29-14-10-22-8-4-5-9-25(22)35(29)28-21-32-27(20-30(28)36)26-13-12-24(40-34-15-11-23(38)18-33(34)39)19-31(26)37(32)16-6-3-7-17-37/h4-5,8-15,18-21,40H,3,6-7,16-17H2,1-2H3. The molecule has 0 unspecified atom stereocenters. The van der Waals surface area contributed by atoms with Crippen molar-refractivity contribution in [1.82, 2.24) is 0 Å². The molecule has 0 aliphatic heterocycles. The normalized spacial score (nSPS) is 17.4. The second kappa shape index (κ2) is 8.27. The fourth-order valence-electron chi connectivity index (χ4n) is 8.01. The van der Waals surface area contributed by atoms with Crippen LogP contribution in [0.15, 0.2) is 84.9 Å². The maximum atomic E-state index is 14.5. The van der Waals surface area contributed by atoms with Crippen molar-refractivity contribution in [3.8, 4) is 22.3 Å². The smallest absolute Gasteiger partial charge is 0.149 e. The molecule has 5 aromatic carbocycles. The van der Waals surface area contributed by atoms with Crippen LogP contribution in [0.1, 0.15) is 68.2 Å². The molecule has 0 aromatic heterocycles. The van der Waals surface area contributed by atoms with Crippen molar-refractivity contribution in [2.75, 3.05) is 5.32 Å². The summed E-state index contributed by atoms with van der Waals surface area (Å²) in [4.78, 5) is 0. The van der Waals surface area contributed by atoms with Crippen LogP contribution < -0.4 is 5.32 Å². The molecule has 1 N–H and O–H groups in total. The number of benzene rings is 5. The van der Waals surface area contributed by atoms with Crippen LogP contribution in [-0.2, 0) is 10.8 Å². The minimum atomic E-state index is -0.583. The van der Waals surface area contributed by atoms with E-state index in [1.165, 1.54) is 86.7 Å². The van der Waals surface area contributed by atoms with Gasteiger partial charge in [0.25, 0.3) is 0 Å². The Morgan fingerprint density at radius 1 is 0.650 bits per heavy atom. The monoisotopic (exact) mass is 527 g/mol. The molecule has 0 bridgehead atoms. The molecule has 8 rings (SSSR count). The number of halogens is 2. The van der Waals surface area contributed by atoms with Crippen LogP contribution >= 0.6 is 0 Å². The summed E-state index contributed by atoms with van der Waals surface area (Å²) in [5, 5.41) is 5.84. The van der Waals surface area contributed by atoms with Gasteiger partial charge >= 0.3 is 0 Å². The quantitative estimate of drug-likeness (QED) is 0.241. The molecule has 40 heavy (non-hydrogen) atoms. The van der Waals surface area contributed by atoms with E-state index < -0.39 is 11.6 Å². The van der Waals surface area contributed by atoms with E-state index in [4.69, 9.17) is 0 Å². The first kappa shape index (κ1) is 23.9. The third-order valence-corrected chi connectivity index (χ3v) is 9.96. The third-order valence-electron chi connectivity index (χ3n) is 9.96. The van der Waals surface area contributed by atoms with Crippen molar-refractivity contribution in [2.45, 2.75) is 56.8 Å². The summed E-state index contributed by atoms with van der Waals surface area (Å²) in [6, 6.07) is 28.5. The van der Waals surface area contributed by atoms with E-state index >= 15 is 0 Å². The first-order valence-electron chi connectivity index (χ1n) is 14.5. The molecule has 3 aliphatic rings. The van der Waals surface area contributed by atoms with Gasteiger partial charge in [0.15, 0.2) is 0 Å². The highest BCUT2D eigenvalue weighted by atomic mass is 19.1. The summed E-state index contributed by atoms with van der Waals surface area (Å²) in [7, 11) is 0. The highest BCUT2D eigenvalue weighted by Crippen LogP contribution is 2.60. The van der Waals surface area contributed by atoms with E-state index in [2.05, 4.69) is 79.8 Å². The van der Waals surface area contributed by atoms with Gasteiger partial charge in [-0.1, -0.05) is 75.6 Å². The lowest BCUT2D eigenvalue weighted by molar-refractivity contribution is 0.353. The van der Waals surface area contributed by atoms with E-state index in [1.54, 1.807) is 0 Å². The molecule has 1 fully saturated rings. The van der Waals surface area contributed by atoms with Crippen LogP contribution in [0.3, 0.4) is 0 Å². The average Bonchev–Trinajstić information content (AvgIpc) is 3.35. The van der Waals surface area contributed by atoms with Crippen LogP contribution in [0.25, 0.3) is 33.0 Å². The van der Waals surface area contributed by atoms with Crippen LogP contribution in [0.5, 0.6) is 0 Å². The molecule has 0 amide bonds. The van der Waals surface area contributed by atoms with Gasteiger partial charge in [0.1, 0.15) is 11.6 Å². The largest absolute Gasteiger partial charge is 0.353 e. The second-order valence-electron chi connectivity index (χ2n) is 12.4.